The van der Waals surface area contributed by atoms with E-state index < -0.39 is 0 Å². The van der Waals surface area contributed by atoms with Crippen LogP contribution in [0.3, 0.4) is 0 Å². The van der Waals surface area contributed by atoms with E-state index in [2.05, 4.69) is 36.4 Å². The first kappa shape index (κ1) is 28.7. The molecule has 1 amide bonds. The highest BCUT2D eigenvalue weighted by Gasteiger charge is 2.23. The quantitative estimate of drug-likeness (QED) is 0.218. The molecule has 0 saturated heterocycles. The van der Waals surface area contributed by atoms with Crippen molar-refractivity contribution in [1.29, 1.82) is 0 Å². The maximum atomic E-state index is 13.1. The topological polar surface area (TPSA) is 57.2 Å². The van der Waals surface area contributed by atoms with Gasteiger partial charge >= 0.3 is 0 Å². The minimum Gasteiger partial charge on any atom is -0.493 e. The molecule has 3 aromatic rings. The van der Waals surface area contributed by atoms with Crippen molar-refractivity contribution in [2.45, 2.75) is 49.7 Å². The SMILES string of the molecule is COc1ccc(C(CCCCC(=O)N2CCc3cc(OC)c(OC)cc3C2)SCc2ccccc2)cc1OC. The molecule has 0 bridgehead atoms. The molecule has 1 unspecified atom stereocenters. The van der Waals surface area contributed by atoms with Gasteiger partial charge in [-0.15, -0.1) is 11.8 Å². The number of amides is 1. The minimum absolute atomic E-state index is 0.218. The lowest BCUT2D eigenvalue weighted by Crippen LogP contribution is -2.35. The van der Waals surface area contributed by atoms with E-state index in [0.717, 1.165) is 60.8 Å². The summed E-state index contributed by atoms with van der Waals surface area (Å²) >= 11 is 1.93. The lowest BCUT2D eigenvalue weighted by atomic mass is 9.98. The third-order valence-electron chi connectivity index (χ3n) is 7.25. The maximum absolute atomic E-state index is 13.1. The molecular weight excluding hydrogens is 510 g/mol. The highest BCUT2D eigenvalue weighted by atomic mass is 32.2. The van der Waals surface area contributed by atoms with Crippen LogP contribution in [-0.2, 0) is 23.5 Å². The molecular formula is C32H39NO5S. The Morgan fingerprint density at radius 1 is 0.821 bits per heavy atom. The molecule has 1 aliphatic heterocycles. The Morgan fingerprint density at radius 3 is 2.18 bits per heavy atom. The van der Waals surface area contributed by atoms with Crippen molar-refractivity contribution in [3.63, 3.8) is 0 Å². The van der Waals surface area contributed by atoms with E-state index >= 15 is 0 Å². The summed E-state index contributed by atoms with van der Waals surface area (Å²) in [6.07, 6.45) is 4.22. The molecule has 39 heavy (non-hydrogen) atoms. The number of rotatable bonds is 13. The number of fused-ring (bicyclic) bond motifs is 1. The maximum Gasteiger partial charge on any atom is 0.222 e. The highest BCUT2D eigenvalue weighted by molar-refractivity contribution is 7.98. The van der Waals surface area contributed by atoms with Gasteiger partial charge in [0.1, 0.15) is 0 Å². The van der Waals surface area contributed by atoms with E-state index in [0.29, 0.717) is 24.0 Å². The second kappa shape index (κ2) is 14.2. The van der Waals surface area contributed by atoms with Gasteiger partial charge in [-0.25, -0.2) is 0 Å². The fraction of sp³-hybridized carbons (Fsp3) is 0.406. The summed E-state index contributed by atoms with van der Waals surface area (Å²) in [5.41, 5.74) is 4.89. The minimum atomic E-state index is 0.218. The molecule has 7 heteroatoms. The molecule has 0 saturated carbocycles. The zero-order valence-electron chi connectivity index (χ0n) is 23.4. The number of unbranched alkanes of at least 4 members (excludes halogenated alkanes) is 1. The fourth-order valence-electron chi connectivity index (χ4n) is 5.03. The van der Waals surface area contributed by atoms with Crippen molar-refractivity contribution in [3.8, 4) is 23.0 Å². The Kier molecular flexibility index (Phi) is 10.4. The molecule has 0 radical (unpaired) electrons. The molecule has 1 atom stereocenters. The summed E-state index contributed by atoms with van der Waals surface area (Å²) in [7, 11) is 6.62. The van der Waals surface area contributed by atoms with Gasteiger partial charge in [0.05, 0.1) is 28.4 Å². The average Bonchev–Trinajstić information content (AvgIpc) is 2.99. The van der Waals surface area contributed by atoms with Crippen LogP contribution in [0.5, 0.6) is 23.0 Å². The van der Waals surface area contributed by atoms with Gasteiger partial charge in [-0.3, -0.25) is 4.79 Å². The van der Waals surface area contributed by atoms with Crippen molar-refractivity contribution < 1.29 is 23.7 Å². The lowest BCUT2D eigenvalue weighted by molar-refractivity contribution is -0.132. The normalized spacial score (nSPS) is 13.4. The summed E-state index contributed by atoms with van der Waals surface area (Å²) in [6, 6.07) is 20.8. The number of carbonyl (C=O) groups is 1. The van der Waals surface area contributed by atoms with E-state index in [-0.39, 0.29) is 5.91 Å². The largest absolute Gasteiger partial charge is 0.493 e. The van der Waals surface area contributed by atoms with Crippen LogP contribution in [0.1, 0.15) is 53.2 Å². The molecule has 208 valence electrons. The smallest absolute Gasteiger partial charge is 0.222 e. The third-order valence-corrected chi connectivity index (χ3v) is 8.66. The Labute approximate surface area is 236 Å². The molecule has 3 aromatic carbocycles. The molecule has 0 spiro atoms. The number of methoxy groups -OCH3 is 4. The number of benzene rings is 3. The molecule has 1 aliphatic rings. The van der Waals surface area contributed by atoms with E-state index in [1.165, 1.54) is 16.7 Å². The van der Waals surface area contributed by atoms with Gasteiger partial charge in [-0.1, -0.05) is 42.8 Å². The summed E-state index contributed by atoms with van der Waals surface area (Å²) in [4.78, 5) is 15.1. The number of thioether (sulfide) groups is 1. The zero-order chi connectivity index (χ0) is 27.6. The number of ether oxygens (including phenoxy) is 4. The van der Waals surface area contributed by atoms with Crippen molar-refractivity contribution in [2.75, 3.05) is 35.0 Å². The molecule has 0 N–H and O–H groups in total. The van der Waals surface area contributed by atoms with Gasteiger partial charge in [0, 0.05) is 30.5 Å². The lowest BCUT2D eigenvalue weighted by Gasteiger charge is -2.30. The summed E-state index contributed by atoms with van der Waals surface area (Å²) in [5.74, 6) is 4.08. The Balaban J connectivity index is 1.35. The van der Waals surface area contributed by atoms with E-state index in [9.17, 15) is 4.79 Å². The zero-order valence-corrected chi connectivity index (χ0v) is 24.2. The van der Waals surface area contributed by atoms with E-state index in [1.54, 1.807) is 28.4 Å². The summed E-state index contributed by atoms with van der Waals surface area (Å²) in [6.45, 7) is 1.36. The van der Waals surface area contributed by atoms with Crippen LogP contribution in [0, 0.1) is 0 Å². The van der Waals surface area contributed by atoms with Gasteiger partial charge in [0.25, 0.3) is 0 Å². The van der Waals surface area contributed by atoms with Crippen molar-refractivity contribution >= 4 is 17.7 Å². The van der Waals surface area contributed by atoms with Gasteiger partial charge in [0.15, 0.2) is 23.0 Å². The summed E-state index contributed by atoms with van der Waals surface area (Å²) in [5, 5.41) is 0.296. The average molecular weight is 550 g/mol. The summed E-state index contributed by atoms with van der Waals surface area (Å²) < 4.78 is 21.9. The van der Waals surface area contributed by atoms with Gasteiger partial charge in [-0.05, 0) is 65.8 Å². The number of hydrogen-bond acceptors (Lipinski definition) is 6. The van der Waals surface area contributed by atoms with Gasteiger partial charge in [-0.2, -0.15) is 0 Å². The number of hydrogen-bond donors (Lipinski definition) is 0. The first-order valence-electron chi connectivity index (χ1n) is 13.4. The highest BCUT2D eigenvalue weighted by Crippen LogP contribution is 2.40. The third kappa shape index (κ3) is 7.41. The van der Waals surface area contributed by atoms with Crippen molar-refractivity contribution in [1.82, 2.24) is 4.90 Å². The van der Waals surface area contributed by atoms with Crippen LogP contribution < -0.4 is 18.9 Å². The number of nitrogens with zero attached hydrogens (tertiary/aromatic N) is 1. The Morgan fingerprint density at radius 2 is 1.49 bits per heavy atom. The van der Waals surface area contributed by atoms with Crippen LogP contribution in [0.2, 0.25) is 0 Å². The predicted octanol–water partition coefficient (Wildman–Crippen LogP) is 6.84. The van der Waals surface area contributed by atoms with Crippen molar-refractivity contribution in [2.24, 2.45) is 0 Å². The molecule has 0 aromatic heterocycles. The molecule has 0 fully saturated rings. The van der Waals surface area contributed by atoms with Crippen LogP contribution in [0.15, 0.2) is 60.7 Å². The standard InChI is InChI=1S/C32H39NO5S/c1-35-27-15-14-25(19-28(27)36-2)31(39-22-23-10-6-5-7-11-23)12-8-9-13-32(34)33-17-16-24-18-29(37-3)30(38-4)20-26(24)21-33/h5-7,10-11,14-15,18-20,31H,8-9,12-13,16-17,21-22H2,1-4H3. The van der Waals surface area contributed by atoms with Crippen molar-refractivity contribution in [3.05, 3.63) is 82.9 Å². The molecule has 0 aliphatic carbocycles. The fourth-order valence-corrected chi connectivity index (χ4v) is 6.29. The Bertz CT molecular complexity index is 1230. The first-order valence-corrected chi connectivity index (χ1v) is 14.5. The van der Waals surface area contributed by atoms with Crippen LogP contribution in [-0.4, -0.2) is 45.8 Å². The molecule has 4 rings (SSSR count). The predicted molar refractivity (Wildman–Crippen MR) is 157 cm³/mol. The van der Waals surface area contributed by atoms with Gasteiger partial charge in [0.2, 0.25) is 5.91 Å². The van der Waals surface area contributed by atoms with E-state index in [4.69, 9.17) is 18.9 Å². The molecule has 6 nitrogen and oxygen atoms in total. The first-order chi connectivity index (χ1) is 19.1. The molecule has 1 heterocycles. The number of carbonyl (C=O) groups excluding carboxylic acids is 1. The monoisotopic (exact) mass is 549 g/mol. The van der Waals surface area contributed by atoms with Gasteiger partial charge < -0.3 is 23.8 Å². The Hall–Kier alpha value is -3.32. The van der Waals surface area contributed by atoms with Crippen LogP contribution >= 0.6 is 11.8 Å². The second-order valence-corrected chi connectivity index (χ2v) is 10.9. The van der Waals surface area contributed by atoms with Crippen LogP contribution in [0.4, 0.5) is 0 Å². The second-order valence-electron chi connectivity index (χ2n) is 9.69. The van der Waals surface area contributed by atoms with Crippen LogP contribution in [0.25, 0.3) is 0 Å². The van der Waals surface area contributed by atoms with E-state index in [1.807, 2.05) is 40.9 Å².